The number of Topliss-reactive ketones (excluding diaryl/α,β-unsaturated/α-hetero) is 1. The summed E-state index contributed by atoms with van der Waals surface area (Å²) in [5.41, 5.74) is 0. The molecule has 0 aromatic carbocycles. The van der Waals surface area contributed by atoms with Crippen LogP contribution < -0.4 is 0 Å². The van der Waals surface area contributed by atoms with E-state index in [1.165, 1.54) is 0 Å². The van der Waals surface area contributed by atoms with Crippen LogP contribution in [0.3, 0.4) is 0 Å². The van der Waals surface area contributed by atoms with Gasteiger partial charge in [-0.15, -0.1) is 18.2 Å². The average Bonchev–Trinajstić information content (AvgIpc) is 2.39. The Balaban J connectivity index is 2.74. The smallest absolute Gasteiger partial charge is 0.179 e. The zero-order valence-corrected chi connectivity index (χ0v) is 8.50. The first-order chi connectivity index (χ1) is 6.00. The van der Waals surface area contributed by atoms with E-state index in [1.807, 2.05) is 0 Å². The molecule has 1 rings (SSSR count). The van der Waals surface area contributed by atoms with Gasteiger partial charge in [-0.3, -0.25) is 4.79 Å². The second-order valence-electron chi connectivity index (χ2n) is 3.36. The summed E-state index contributed by atoms with van der Waals surface area (Å²) in [6, 6.07) is 0. The normalized spacial score (nSPS) is 31.6. The second kappa shape index (κ2) is 3.78. The van der Waals surface area contributed by atoms with E-state index in [9.17, 15) is 4.79 Å². The van der Waals surface area contributed by atoms with Crippen LogP contribution in [0.2, 0.25) is 0 Å². The van der Waals surface area contributed by atoms with Gasteiger partial charge in [0.1, 0.15) is 6.10 Å². The van der Waals surface area contributed by atoms with Crippen molar-refractivity contribution in [3.8, 4) is 0 Å². The third kappa shape index (κ3) is 2.30. The Morgan fingerprint density at radius 3 is 2.69 bits per heavy atom. The number of hydrogen-bond acceptors (Lipinski definition) is 3. The highest BCUT2D eigenvalue weighted by Gasteiger charge is 2.42. The number of hydrogen-bond donors (Lipinski definition) is 0. The van der Waals surface area contributed by atoms with Crippen molar-refractivity contribution in [1.29, 1.82) is 0 Å². The number of ketones is 1. The molecule has 0 saturated carbocycles. The van der Waals surface area contributed by atoms with Crippen molar-refractivity contribution in [3.63, 3.8) is 0 Å². The van der Waals surface area contributed by atoms with E-state index in [0.717, 1.165) is 0 Å². The summed E-state index contributed by atoms with van der Waals surface area (Å²) in [6.07, 6.45) is 0.565. The van der Waals surface area contributed by atoms with E-state index < -0.39 is 11.9 Å². The van der Waals surface area contributed by atoms with Gasteiger partial charge in [0, 0.05) is 0 Å². The highest BCUT2D eigenvalue weighted by atomic mass is 35.5. The summed E-state index contributed by atoms with van der Waals surface area (Å²) in [4.78, 5) is 11.3. The molecule has 0 bridgehead atoms. The molecule has 74 valence electrons. The Morgan fingerprint density at radius 1 is 1.62 bits per heavy atom. The zero-order chi connectivity index (χ0) is 10.1. The summed E-state index contributed by atoms with van der Waals surface area (Å²) in [5, 5.41) is 0. The molecule has 0 N–H and O–H groups in total. The Bertz CT molecular complexity index is 225. The van der Waals surface area contributed by atoms with Gasteiger partial charge in [0.2, 0.25) is 0 Å². The number of halogens is 1. The molecular weight excluding hydrogens is 192 g/mol. The van der Waals surface area contributed by atoms with Gasteiger partial charge in [0.05, 0.1) is 5.88 Å². The van der Waals surface area contributed by atoms with Crippen LogP contribution in [0, 0.1) is 0 Å². The Morgan fingerprint density at radius 2 is 2.23 bits per heavy atom. The molecule has 0 spiro atoms. The molecule has 13 heavy (non-hydrogen) atoms. The molecule has 2 atom stereocenters. The third-order valence-electron chi connectivity index (χ3n) is 1.81. The predicted octanol–water partition coefficient (Wildman–Crippen LogP) is 1.50. The van der Waals surface area contributed by atoms with Gasteiger partial charge in [0.15, 0.2) is 17.7 Å². The molecule has 1 saturated heterocycles. The van der Waals surface area contributed by atoms with Gasteiger partial charge in [0.25, 0.3) is 0 Å². The van der Waals surface area contributed by atoms with Crippen molar-refractivity contribution in [3.05, 3.63) is 12.7 Å². The lowest BCUT2D eigenvalue weighted by Crippen LogP contribution is -2.31. The van der Waals surface area contributed by atoms with Crippen LogP contribution in [0.4, 0.5) is 0 Å². The fourth-order valence-corrected chi connectivity index (χ4v) is 1.44. The summed E-state index contributed by atoms with van der Waals surface area (Å²) in [5.74, 6) is -0.961. The predicted molar refractivity (Wildman–Crippen MR) is 49.7 cm³/mol. The lowest BCUT2D eigenvalue weighted by atomic mass is 10.1. The maximum Gasteiger partial charge on any atom is 0.179 e. The van der Waals surface area contributed by atoms with Crippen molar-refractivity contribution in [2.24, 2.45) is 0 Å². The maximum absolute atomic E-state index is 11.3. The van der Waals surface area contributed by atoms with E-state index in [2.05, 4.69) is 6.58 Å². The van der Waals surface area contributed by atoms with Crippen molar-refractivity contribution in [2.75, 3.05) is 5.88 Å². The van der Waals surface area contributed by atoms with E-state index in [0.29, 0.717) is 0 Å². The fraction of sp³-hybridized carbons (Fsp3) is 0.667. The molecular formula is C9H13ClO3. The van der Waals surface area contributed by atoms with Crippen LogP contribution in [-0.2, 0) is 14.3 Å². The van der Waals surface area contributed by atoms with E-state index in [1.54, 1.807) is 19.9 Å². The van der Waals surface area contributed by atoms with E-state index in [-0.39, 0.29) is 17.8 Å². The summed E-state index contributed by atoms with van der Waals surface area (Å²) >= 11 is 5.43. The molecule has 4 heteroatoms. The zero-order valence-electron chi connectivity index (χ0n) is 7.75. The molecule has 1 aliphatic heterocycles. The second-order valence-corrected chi connectivity index (χ2v) is 3.62. The molecule has 0 aromatic rings. The quantitative estimate of drug-likeness (QED) is 0.516. The Kier molecular flexibility index (Phi) is 3.11. The minimum atomic E-state index is -0.731. The van der Waals surface area contributed by atoms with Crippen LogP contribution >= 0.6 is 11.6 Å². The largest absolute Gasteiger partial charge is 0.340 e. The molecule has 1 fully saturated rings. The Labute approximate surface area is 82.7 Å². The molecule has 0 aliphatic carbocycles. The standard InChI is InChI=1S/C9H13ClO3/c1-4-7-8(6(11)5-10)13-9(2,3)12-7/h4,7-8H,1,5H2,2-3H3/t7-,8+/m0/s1. The van der Waals surface area contributed by atoms with Crippen LogP contribution in [0.25, 0.3) is 0 Å². The van der Waals surface area contributed by atoms with Gasteiger partial charge in [-0.1, -0.05) is 6.08 Å². The maximum atomic E-state index is 11.3. The van der Waals surface area contributed by atoms with E-state index >= 15 is 0 Å². The van der Waals surface area contributed by atoms with Crippen LogP contribution in [0.15, 0.2) is 12.7 Å². The first kappa shape index (κ1) is 10.7. The Hall–Kier alpha value is -0.380. The summed E-state index contributed by atoms with van der Waals surface area (Å²) < 4.78 is 10.8. The molecule has 1 aliphatic rings. The van der Waals surface area contributed by atoms with Gasteiger partial charge in [-0.25, -0.2) is 0 Å². The van der Waals surface area contributed by atoms with E-state index in [4.69, 9.17) is 21.1 Å². The van der Waals surface area contributed by atoms with Crippen LogP contribution in [0.1, 0.15) is 13.8 Å². The monoisotopic (exact) mass is 204 g/mol. The van der Waals surface area contributed by atoms with Crippen LogP contribution in [0.5, 0.6) is 0 Å². The highest BCUT2D eigenvalue weighted by molar-refractivity contribution is 6.28. The lowest BCUT2D eigenvalue weighted by Gasteiger charge is -2.15. The number of carbonyl (C=O) groups excluding carboxylic acids is 1. The molecule has 3 nitrogen and oxygen atoms in total. The first-order valence-electron chi connectivity index (χ1n) is 4.07. The van der Waals surface area contributed by atoms with Gasteiger partial charge >= 0.3 is 0 Å². The lowest BCUT2D eigenvalue weighted by molar-refractivity contribution is -0.152. The van der Waals surface area contributed by atoms with Crippen molar-refractivity contribution in [2.45, 2.75) is 31.8 Å². The highest BCUT2D eigenvalue weighted by Crippen LogP contribution is 2.29. The molecule has 0 aromatic heterocycles. The van der Waals surface area contributed by atoms with Crippen molar-refractivity contribution in [1.82, 2.24) is 0 Å². The fourth-order valence-electron chi connectivity index (χ4n) is 1.29. The minimum Gasteiger partial charge on any atom is -0.340 e. The summed E-state index contributed by atoms with van der Waals surface area (Å²) in [7, 11) is 0. The van der Waals surface area contributed by atoms with Gasteiger partial charge < -0.3 is 9.47 Å². The SMILES string of the molecule is C=C[C@@H]1OC(C)(C)O[C@@H]1C(=O)CCl. The van der Waals surface area contributed by atoms with Gasteiger partial charge in [-0.05, 0) is 13.8 Å². The summed E-state index contributed by atoms with van der Waals surface area (Å²) in [6.45, 7) is 7.08. The molecule has 1 heterocycles. The third-order valence-corrected chi connectivity index (χ3v) is 2.07. The average molecular weight is 205 g/mol. The van der Waals surface area contributed by atoms with Crippen molar-refractivity contribution >= 4 is 17.4 Å². The van der Waals surface area contributed by atoms with Crippen molar-refractivity contribution < 1.29 is 14.3 Å². The van der Waals surface area contributed by atoms with Gasteiger partial charge in [-0.2, -0.15) is 0 Å². The molecule has 0 amide bonds. The number of carbonyl (C=O) groups is 1. The number of alkyl halides is 1. The van der Waals surface area contributed by atoms with Crippen LogP contribution in [-0.4, -0.2) is 29.7 Å². The first-order valence-corrected chi connectivity index (χ1v) is 4.60. The topological polar surface area (TPSA) is 35.5 Å². The number of ether oxygens (including phenoxy) is 2. The minimum absolute atomic E-state index is 0.0611. The molecule has 0 unspecified atom stereocenters. The molecule has 0 radical (unpaired) electrons. The number of rotatable bonds is 3.